The van der Waals surface area contributed by atoms with Crippen LogP contribution < -0.4 is 16.0 Å². The molecule has 6 rings (SSSR count). The molecular weight excluding hydrogens is 518 g/mol. The molecule has 220 valence electrons. The quantitative estimate of drug-likeness (QED) is 0.527. The molecule has 41 heavy (non-hydrogen) atoms. The number of hydrogen-bond acceptors (Lipinski definition) is 8. The number of nitrogens with one attached hydrogen (secondary N) is 3. The molecule has 3 saturated heterocycles. The smallest absolute Gasteiger partial charge is 0.270 e. The van der Waals surface area contributed by atoms with Crippen molar-refractivity contribution < 1.29 is 9.59 Å². The van der Waals surface area contributed by atoms with E-state index in [4.69, 9.17) is 4.99 Å². The lowest BCUT2D eigenvalue weighted by molar-refractivity contribution is 0.0697. The van der Waals surface area contributed by atoms with Crippen molar-refractivity contribution in [1.29, 1.82) is 0 Å². The molecule has 0 saturated carbocycles. The van der Waals surface area contributed by atoms with Gasteiger partial charge in [-0.1, -0.05) is 0 Å². The zero-order valence-electron chi connectivity index (χ0n) is 24.9. The molecule has 4 aliphatic rings. The highest BCUT2D eigenvalue weighted by molar-refractivity contribution is 6.05. The minimum atomic E-state index is -0.00613. The number of amides is 2. The van der Waals surface area contributed by atoms with Gasteiger partial charge < -0.3 is 30.3 Å². The summed E-state index contributed by atoms with van der Waals surface area (Å²) in [5, 5.41) is 10.3. The van der Waals surface area contributed by atoms with Gasteiger partial charge in [-0.05, 0) is 64.7 Å². The molecular formula is C30H43N9O2. The van der Waals surface area contributed by atoms with Crippen molar-refractivity contribution in [3.8, 4) is 0 Å². The van der Waals surface area contributed by atoms with Crippen LogP contribution >= 0.6 is 0 Å². The Bertz CT molecular complexity index is 1320. The minimum Gasteiger partial charge on any atom is -0.343 e. The van der Waals surface area contributed by atoms with E-state index >= 15 is 0 Å². The number of hydrogen-bond donors (Lipinski definition) is 3. The number of carbonyl (C=O) groups is 2. The van der Waals surface area contributed by atoms with Gasteiger partial charge in [0.15, 0.2) is 0 Å². The molecule has 0 aliphatic carbocycles. The Hall–Kier alpha value is -3.44. The molecule has 0 aromatic carbocycles. The highest BCUT2D eigenvalue weighted by Gasteiger charge is 2.35. The number of fused-ring (bicyclic) bond motifs is 3. The summed E-state index contributed by atoms with van der Waals surface area (Å²) in [6.45, 7) is 10.7. The number of carbonyl (C=O) groups excluding carboxylic acids is 2. The molecule has 2 aromatic rings. The van der Waals surface area contributed by atoms with Crippen LogP contribution in [0.1, 0.15) is 78.9 Å². The van der Waals surface area contributed by atoms with E-state index in [1.165, 1.54) is 0 Å². The van der Waals surface area contributed by atoms with Gasteiger partial charge in [-0.3, -0.25) is 14.5 Å². The Morgan fingerprint density at radius 2 is 1.76 bits per heavy atom. The third-order valence-corrected chi connectivity index (χ3v) is 8.92. The van der Waals surface area contributed by atoms with Gasteiger partial charge in [0.2, 0.25) is 5.96 Å². The molecule has 0 spiro atoms. The van der Waals surface area contributed by atoms with Crippen molar-refractivity contribution in [2.24, 2.45) is 4.99 Å². The largest absolute Gasteiger partial charge is 0.343 e. The van der Waals surface area contributed by atoms with Gasteiger partial charge in [0.05, 0.1) is 12.1 Å². The second-order valence-electron chi connectivity index (χ2n) is 13.1. The molecule has 11 heteroatoms. The Morgan fingerprint density at radius 3 is 2.37 bits per heavy atom. The minimum absolute atomic E-state index is 0.00613. The summed E-state index contributed by atoms with van der Waals surface area (Å²) in [7, 11) is 3.59. The molecule has 2 bridgehead atoms. The normalized spacial score (nSPS) is 23.0. The summed E-state index contributed by atoms with van der Waals surface area (Å²) < 4.78 is 2.20. The SMILES string of the molecule is CN(C)C(=O)c1cc2c(n1C1CCN(C(C)(C)C)CC1)NC(Nc1ccc(C(=O)N3CC4CCC(C3)N4)cn1)=NC2. The molecule has 3 fully saturated rings. The average Bonchev–Trinajstić information content (AvgIpc) is 3.50. The van der Waals surface area contributed by atoms with Crippen LogP contribution in [0.2, 0.25) is 0 Å². The number of rotatable bonds is 4. The van der Waals surface area contributed by atoms with Crippen LogP contribution in [0, 0.1) is 0 Å². The first-order valence-electron chi connectivity index (χ1n) is 14.9. The highest BCUT2D eigenvalue weighted by Crippen LogP contribution is 2.36. The Morgan fingerprint density at radius 1 is 1.05 bits per heavy atom. The fourth-order valence-electron chi connectivity index (χ4n) is 6.65. The molecule has 2 atom stereocenters. The Balaban J connectivity index is 1.17. The molecule has 0 radical (unpaired) electrons. The summed E-state index contributed by atoms with van der Waals surface area (Å²) in [5.74, 6) is 2.14. The van der Waals surface area contributed by atoms with Crippen LogP contribution in [0.4, 0.5) is 11.6 Å². The number of piperidine rings is 1. The predicted octanol–water partition coefficient (Wildman–Crippen LogP) is 2.99. The Labute approximate surface area is 242 Å². The van der Waals surface area contributed by atoms with E-state index in [9.17, 15) is 9.59 Å². The Kier molecular flexibility index (Phi) is 7.27. The number of pyridine rings is 1. The zero-order valence-corrected chi connectivity index (χ0v) is 24.9. The second-order valence-corrected chi connectivity index (χ2v) is 13.1. The van der Waals surface area contributed by atoms with E-state index in [2.05, 4.69) is 51.2 Å². The third kappa shape index (κ3) is 5.57. The molecule has 3 N–H and O–H groups in total. The van der Waals surface area contributed by atoms with Gasteiger partial charge in [-0.25, -0.2) is 9.98 Å². The fourth-order valence-corrected chi connectivity index (χ4v) is 6.65. The van der Waals surface area contributed by atoms with Crippen molar-refractivity contribution >= 4 is 29.4 Å². The number of aliphatic imine (C=N–C) groups is 1. The van der Waals surface area contributed by atoms with E-state index in [-0.39, 0.29) is 23.4 Å². The van der Waals surface area contributed by atoms with E-state index in [0.717, 1.165) is 63.2 Å². The summed E-state index contributed by atoms with van der Waals surface area (Å²) in [6, 6.07) is 6.67. The fraction of sp³-hybridized carbons (Fsp3) is 0.600. The lowest BCUT2D eigenvalue weighted by atomic mass is 9.97. The molecule has 11 nitrogen and oxygen atoms in total. The molecule has 2 unspecified atom stereocenters. The van der Waals surface area contributed by atoms with E-state index in [1.54, 1.807) is 25.2 Å². The summed E-state index contributed by atoms with van der Waals surface area (Å²) in [6.07, 6.45) is 5.86. The summed E-state index contributed by atoms with van der Waals surface area (Å²) in [4.78, 5) is 41.6. The van der Waals surface area contributed by atoms with Crippen LogP contribution in [-0.2, 0) is 6.54 Å². The van der Waals surface area contributed by atoms with Crippen LogP contribution in [0.15, 0.2) is 29.4 Å². The number of guanidine groups is 1. The maximum Gasteiger partial charge on any atom is 0.270 e. The van der Waals surface area contributed by atoms with Gasteiger partial charge in [-0.2, -0.15) is 0 Å². The first-order valence-corrected chi connectivity index (χ1v) is 14.9. The van der Waals surface area contributed by atoms with Crippen LogP contribution in [0.25, 0.3) is 0 Å². The van der Waals surface area contributed by atoms with Gasteiger partial charge in [0.1, 0.15) is 17.3 Å². The summed E-state index contributed by atoms with van der Waals surface area (Å²) >= 11 is 0. The van der Waals surface area contributed by atoms with Crippen molar-refractivity contribution in [3.05, 3.63) is 41.2 Å². The molecule has 2 aromatic heterocycles. The van der Waals surface area contributed by atoms with Crippen molar-refractivity contribution in [3.63, 3.8) is 0 Å². The molecule has 6 heterocycles. The predicted molar refractivity (Wildman–Crippen MR) is 161 cm³/mol. The van der Waals surface area contributed by atoms with Gasteiger partial charge >= 0.3 is 0 Å². The number of aromatic nitrogens is 2. The zero-order chi connectivity index (χ0) is 28.9. The van der Waals surface area contributed by atoms with Gasteiger partial charge in [0, 0.05) is 75.7 Å². The number of nitrogens with zero attached hydrogens (tertiary/aromatic N) is 6. The second kappa shape index (κ2) is 10.8. The molecule has 2 amide bonds. The maximum atomic E-state index is 13.2. The van der Waals surface area contributed by atoms with E-state index in [0.29, 0.717) is 41.7 Å². The standard InChI is InChI=1S/C30H43N9O2/c1-30(2,3)38-12-10-23(11-13-38)39-24(28(41)36(4)5)14-20-16-32-29(35-26(20)39)34-25-9-6-19(15-31-25)27(40)37-17-21-7-8-22(18-37)33-21/h6,9,14-15,21-23,33H,7-8,10-13,16-18H2,1-5H3,(H2,31,32,34,35). The number of anilines is 2. The highest BCUT2D eigenvalue weighted by atomic mass is 16.2. The average molecular weight is 562 g/mol. The first kappa shape index (κ1) is 27.7. The lowest BCUT2D eigenvalue weighted by Crippen LogP contribution is -2.53. The van der Waals surface area contributed by atoms with Crippen LogP contribution in [0.3, 0.4) is 0 Å². The van der Waals surface area contributed by atoms with E-state index < -0.39 is 0 Å². The van der Waals surface area contributed by atoms with Crippen molar-refractivity contribution in [1.82, 2.24) is 29.6 Å². The van der Waals surface area contributed by atoms with Crippen LogP contribution in [0.5, 0.6) is 0 Å². The van der Waals surface area contributed by atoms with Gasteiger partial charge in [0.25, 0.3) is 11.8 Å². The van der Waals surface area contributed by atoms with Crippen molar-refractivity contribution in [2.75, 3.05) is 50.9 Å². The number of likely N-dealkylation sites (tertiary alicyclic amines) is 2. The molecule has 4 aliphatic heterocycles. The summed E-state index contributed by atoms with van der Waals surface area (Å²) in [5.41, 5.74) is 2.43. The van der Waals surface area contributed by atoms with Crippen molar-refractivity contribution in [2.45, 2.75) is 76.7 Å². The third-order valence-electron chi connectivity index (χ3n) is 8.92. The van der Waals surface area contributed by atoms with Gasteiger partial charge in [-0.15, -0.1) is 0 Å². The monoisotopic (exact) mass is 561 g/mol. The number of piperazine rings is 1. The topological polar surface area (TPSA) is 110 Å². The first-order chi connectivity index (χ1) is 19.6. The maximum absolute atomic E-state index is 13.2. The lowest BCUT2D eigenvalue weighted by Gasteiger charge is -2.42. The van der Waals surface area contributed by atoms with E-state index in [1.807, 2.05) is 23.1 Å². The van der Waals surface area contributed by atoms with Crippen LogP contribution in [-0.4, -0.2) is 99.9 Å².